The molecule has 1 rings (SSSR count). The Morgan fingerprint density at radius 2 is 1.76 bits per heavy atom. The van der Waals surface area contributed by atoms with E-state index in [0.717, 1.165) is 0 Å². The zero-order valence-electron chi connectivity index (χ0n) is 10.9. The van der Waals surface area contributed by atoms with Crippen molar-refractivity contribution in [2.75, 3.05) is 0 Å². The second-order valence-electron chi connectivity index (χ2n) is 4.63. The van der Waals surface area contributed by atoms with Crippen LogP contribution in [0.4, 0.5) is 0 Å². The van der Waals surface area contributed by atoms with Crippen LogP contribution in [0.2, 0.25) is 0 Å². The van der Waals surface area contributed by atoms with Gasteiger partial charge in [-0.05, 0) is 18.6 Å². The highest BCUT2D eigenvalue weighted by Gasteiger charge is 2.07. The number of hydrogen-bond acceptors (Lipinski definition) is 1. The van der Waals surface area contributed by atoms with E-state index in [4.69, 9.17) is 0 Å². The largest absolute Gasteiger partial charge is 0.260 e. The number of hydrogen-bond donors (Lipinski definition) is 0. The predicted molar refractivity (Wildman–Crippen MR) is 83.6 cm³/mol. The molecule has 2 heteroatoms. The van der Waals surface area contributed by atoms with Crippen molar-refractivity contribution in [2.45, 2.75) is 62.2 Å². The molecule has 0 amide bonds. The lowest BCUT2D eigenvalue weighted by Gasteiger charge is -2.08. The third-order valence-electron chi connectivity index (χ3n) is 3.07. The number of rotatable bonds is 9. The first-order chi connectivity index (χ1) is 8.34. The molecule has 17 heavy (non-hydrogen) atoms. The van der Waals surface area contributed by atoms with Crippen LogP contribution in [-0.2, 0) is 0 Å². The molecule has 1 nitrogen and oxygen atoms in total. The van der Waals surface area contributed by atoms with Gasteiger partial charge in [0.25, 0.3) is 0 Å². The number of pyridine rings is 1. The molecule has 1 heterocycles. The normalized spacial score (nSPS) is 12.6. The van der Waals surface area contributed by atoms with Gasteiger partial charge in [0.1, 0.15) is 0 Å². The lowest BCUT2D eigenvalue weighted by Crippen LogP contribution is -1.93. The van der Waals surface area contributed by atoms with Crippen LogP contribution < -0.4 is 0 Å². The topological polar surface area (TPSA) is 12.9 Å². The molecule has 1 aromatic rings. The van der Waals surface area contributed by atoms with Gasteiger partial charge < -0.3 is 0 Å². The van der Waals surface area contributed by atoms with E-state index in [-0.39, 0.29) is 0 Å². The van der Waals surface area contributed by atoms with Crippen LogP contribution in [0.25, 0.3) is 0 Å². The minimum Gasteiger partial charge on any atom is -0.260 e. The van der Waals surface area contributed by atoms with Gasteiger partial charge >= 0.3 is 0 Å². The first-order valence-electron chi connectivity index (χ1n) is 6.89. The summed E-state index contributed by atoms with van der Waals surface area (Å²) < 4.78 is 0.587. The first kappa shape index (κ1) is 14.9. The van der Waals surface area contributed by atoms with Gasteiger partial charge in [0, 0.05) is 6.20 Å². The first-order valence-corrected chi connectivity index (χ1v) is 8.14. The standard InChI is InChI=1S/C15H24IN/c1-2-3-4-5-6-7-8-11-14(16)15-12-9-10-13-17-15/h9-10,12-14H,2-8,11H2,1H3. The van der Waals surface area contributed by atoms with E-state index in [1.807, 2.05) is 12.3 Å². The number of alkyl halides is 1. The lowest BCUT2D eigenvalue weighted by atomic mass is 10.1. The summed E-state index contributed by atoms with van der Waals surface area (Å²) in [6, 6.07) is 6.21. The van der Waals surface area contributed by atoms with Crippen LogP contribution in [0.3, 0.4) is 0 Å². The van der Waals surface area contributed by atoms with Gasteiger partial charge in [0.15, 0.2) is 0 Å². The summed E-state index contributed by atoms with van der Waals surface area (Å²) in [5.41, 5.74) is 1.24. The molecule has 0 bridgehead atoms. The maximum atomic E-state index is 4.41. The summed E-state index contributed by atoms with van der Waals surface area (Å²) in [7, 11) is 0. The van der Waals surface area contributed by atoms with Crippen molar-refractivity contribution >= 4 is 22.6 Å². The summed E-state index contributed by atoms with van der Waals surface area (Å²) in [6.45, 7) is 2.27. The van der Waals surface area contributed by atoms with Gasteiger partial charge in [-0.25, -0.2) is 0 Å². The summed E-state index contributed by atoms with van der Waals surface area (Å²) >= 11 is 2.52. The van der Waals surface area contributed by atoms with E-state index in [1.165, 1.54) is 57.1 Å². The van der Waals surface area contributed by atoms with Gasteiger partial charge in [-0.2, -0.15) is 0 Å². The molecule has 1 atom stereocenters. The maximum absolute atomic E-state index is 4.41. The second kappa shape index (κ2) is 9.86. The van der Waals surface area contributed by atoms with Gasteiger partial charge in [-0.1, -0.05) is 80.5 Å². The van der Waals surface area contributed by atoms with Gasteiger partial charge in [-0.15, -0.1) is 0 Å². The fourth-order valence-electron chi connectivity index (χ4n) is 1.99. The number of unbranched alkanes of at least 4 members (excludes halogenated alkanes) is 6. The van der Waals surface area contributed by atoms with Crippen LogP contribution in [0.1, 0.15) is 67.9 Å². The molecule has 1 unspecified atom stereocenters. The van der Waals surface area contributed by atoms with Crippen LogP contribution in [-0.4, -0.2) is 4.98 Å². The summed E-state index contributed by atoms with van der Waals surface area (Å²) in [6.07, 6.45) is 12.9. The average molecular weight is 345 g/mol. The minimum atomic E-state index is 0.587. The van der Waals surface area contributed by atoms with Crippen LogP contribution in [0, 0.1) is 0 Å². The molecule has 0 spiro atoms. The smallest absolute Gasteiger partial charge is 0.0532 e. The molecule has 0 saturated carbocycles. The van der Waals surface area contributed by atoms with E-state index in [9.17, 15) is 0 Å². The van der Waals surface area contributed by atoms with Gasteiger partial charge in [-0.3, -0.25) is 4.98 Å². The van der Waals surface area contributed by atoms with Crippen LogP contribution in [0.5, 0.6) is 0 Å². The quantitative estimate of drug-likeness (QED) is 0.318. The summed E-state index contributed by atoms with van der Waals surface area (Å²) in [5, 5.41) is 0. The highest BCUT2D eigenvalue weighted by Crippen LogP contribution is 2.27. The molecule has 96 valence electrons. The van der Waals surface area contributed by atoms with E-state index in [2.05, 4.69) is 46.6 Å². The highest BCUT2D eigenvalue weighted by atomic mass is 127. The Morgan fingerprint density at radius 1 is 1.06 bits per heavy atom. The van der Waals surface area contributed by atoms with E-state index in [1.54, 1.807) is 0 Å². The molecule has 0 aliphatic heterocycles. The van der Waals surface area contributed by atoms with Gasteiger partial charge in [0.2, 0.25) is 0 Å². The minimum absolute atomic E-state index is 0.587. The van der Waals surface area contributed by atoms with Crippen molar-refractivity contribution in [3.8, 4) is 0 Å². The molecule has 0 fully saturated rings. The van der Waals surface area contributed by atoms with Crippen LogP contribution in [0.15, 0.2) is 24.4 Å². The SMILES string of the molecule is CCCCCCCCCC(I)c1ccccn1. The number of nitrogens with zero attached hydrogens (tertiary/aromatic N) is 1. The Morgan fingerprint density at radius 3 is 2.41 bits per heavy atom. The number of aromatic nitrogens is 1. The van der Waals surface area contributed by atoms with E-state index in [0.29, 0.717) is 3.92 Å². The zero-order chi connectivity index (χ0) is 12.3. The average Bonchev–Trinajstić information content (AvgIpc) is 2.38. The van der Waals surface area contributed by atoms with Crippen molar-refractivity contribution < 1.29 is 0 Å². The highest BCUT2D eigenvalue weighted by molar-refractivity contribution is 14.1. The molecule has 0 radical (unpaired) electrons. The maximum Gasteiger partial charge on any atom is 0.0532 e. The van der Waals surface area contributed by atoms with E-state index < -0.39 is 0 Å². The molecule has 0 aliphatic rings. The third-order valence-corrected chi connectivity index (χ3v) is 4.33. The fourth-order valence-corrected chi connectivity index (χ4v) is 2.80. The monoisotopic (exact) mass is 345 g/mol. The third kappa shape index (κ3) is 7.02. The Bertz CT molecular complexity index is 274. The predicted octanol–water partition coefficient (Wildman–Crippen LogP) is 5.70. The van der Waals surface area contributed by atoms with Crippen LogP contribution >= 0.6 is 22.6 Å². The zero-order valence-corrected chi connectivity index (χ0v) is 13.0. The fraction of sp³-hybridized carbons (Fsp3) is 0.667. The van der Waals surface area contributed by atoms with Crippen molar-refractivity contribution in [1.82, 2.24) is 4.98 Å². The Hall–Kier alpha value is -0.120. The Kier molecular flexibility index (Phi) is 8.67. The Labute approximate surface area is 120 Å². The lowest BCUT2D eigenvalue weighted by molar-refractivity contribution is 0.574. The molecular weight excluding hydrogens is 321 g/mol. The number of halogens is 1. The van der Waals surface area contributed by atoms with Crippen molar-refractivity contribution in [1.29, 1.82) is 0 Å². The summed E-state index contributed by atoms with van der Waals surface area (Å²) in [5.74, 6) is 0. The second-order valence-corrected chi connectivity index (χ2v) is 6.14. The molecule has 0 aromatic carbocycles. The molecule has 0 aliphatic carbocycles. The molecule has 0 N–H and O–H groups in total. The summed E-state index contributed by atoms with van der Waals surface area (Å²) in [4.78, 5) is 4.41. The molecule has 0 saturated heterocycles. The Balaban J connectivity index is 2.03. The molecule has 1 aromatic heterocycles. The van der Waals surface area contributed by atoms with Crippen molar-refractivity contribution in [3.63, 3.8) is 0 Å². The molecular formula is C15H24IN. The van der Waals surface area contributed by atoms with E-state index >= 15 is 0 Å². The van der Waals surface area contributed by atoms with Gasteiger partial charge in [0.05, 0.1) is 9.62 Å². The van der Waals surface area contributed by atoms with Crippen molar-refractivity contribution in [2.24, 2.45) is 0 Å². The van der Waals surface area contributed by atoms with Crippen molar-refractivity contribution in [3.05, 3.63) is 30.1 Å².